The van der Waals surface area contributed by atoms with Gasteiger partial charge in [0.05, 0.1) is 32.2 Å². The highest BCUT2D eigenvalue weighted by molar-refractivity contribution is 7.48. The fourth-order valence-electron chi connectivity index (χ4n) is 6.58. The van der Waals surface area contributed by atoms with Gasteiger partial charge in [-0.1, -0.05) is 134 Å². The molecule has 0 aliphatic carbocycles. The van der Waals surface area contributed by atoms with Crippen LogP contribution in [-0.4, -0.2) is 82.1 Å². The minimum Gasteiger partial charge on any atom is -0.470 e. The van der Waals surface area contributed by atoms with E-state index in [2.05, 4.69) is 39.2 Å². The molecule has 0 amide bonds. The van der Waals surface area contributed by atoms with Gasteiger partial charge in [0.25, 0.3) is 0 Å². The van der Waals surface area contributed by atoms with Crippen molar-refractivity contribution in [1.29, 1.82) is 0 Å². The number of ether oxygens (including phenoxy) is 5. The molecule has 0 aromatic carbocycles. The van der Waals surface area contributed by atoms with Crippen LogP contribution >= 0.6 is 7.82 Å². The molecule has 0 radical (unpaired) electrons. The van der Waals surface area contributed by atoms with Gasteiger partial charge in [0.15, 0.2) is 0 Å². The summed E-state index contributed by atoms with van der Waals surface area (Å²) in [4.78, 5) is 0. The number of methoxy groups -OCH3 is 1. The Labute approximate surface area is 336 Å². The first-order valence-electron chi connectivity index (χ1n) is 21.7. The van der Waals surface area contributed by atoms with E-state index in [-0.39, 0.29) is 19.3 Å². The van der Waals surface area contributed by atoms with Crippen LogP contribution < -0.4 is 0 Å². The van der Waals surface area contributed by atoms with Crippen molar-refractivity contribution in [3.8, 4) is 0 Å². The van der Waals surface area contributed by atoms with Gasteiger partial charge in [0.2, 0.25) is 6.29 Å². The van der Waals surface area contributed by atoms with E-state index in [4.69, 9.17) is 37.3 Å². The molecule has 1 saturated heterocycles. The third-order valence-electron chi connectivity index (χ3n) is 9.75. The Balaban J connectivity index is 2.90. The van der Waals surface area contributed by atoms with Crippen LogP contribution in [0.1, 0.15) is 156 Å². The number of hydrogen-bond donors (Lipinski definition) is 1. The van der Waals surface area contributed by atoms with Gasteiger partial charge in [-0.15, -0.1) is 13.2 Å². The molecular weight excluding hydrogens is 719 g/mol. The minimum absolute atomic E-state index is 0.0174. The maximum absolute atomic E-state index is 13.9. The Morgan fingerprint density at radius 1 is 0.709 bits per heavy atom. The molecular formula is C44H81O10P. The van der Waals surface area contributed by atoms with Gasteiger partial charge < -0.3 is 28.8 Å². The summed E-state index contributed by atoms with van der Waals surface area (Å²) in [5.74, 6) is 0. The second kappa shape index (κ2) is 35.8. The summed E-state index contributed by atoms with van der Waals surface area (Å²) in [5.41, 5.74) is 0. The van der Waals surface area contributed by atoms with Crippen molar-refractivity contribution in [2.24, 2.45) is 0 Å². The highest BCUT2D eigenvalue weighted by Crippen LogP contribution is 2.52. The summed E-state index contributed by atoms with van der Waals surface area (Å²) >= 11 is 0. The number of aliphatic hydroxyl groups excluding tert-OH is 1. The molecule has 1 heterocycles. The Hall–Kier alpha value is -1.33. The summed E-state index contributed by atoms with van der Waals surface area (Å²) in [6, 6.07) is 0. The number of phosphoric ester groups is 1. The smallest absolute Gasteiger partial charge is 0.470 e. The van der Waals surface area contributed by atoms with Crippen LogP contribution in [0.15, 0.2) is 49.8 Å². The molecule has 1 N–H and O–H groups in total. The third-order valence-corrected chi connectivity index (χ3v) is 11.2. The van der Waals surface area contributed by atoms with Crippen molar-refractivity contribution in [3.63, 3.8) is 0 Å². The Bertz CT molecular complexity index is 991. The molecule has 1 rings (SSSR count). The zero-order valence-corrected chi connectivity index (χ0v) is 36.2. The lowest BCUT2D eigenvalue weighted by Crippen LogP contribution is -2.61. The first-order chi connectivity index (χ1) is 26.9. The summed E-state index contributed by atoms with van der Waals surface area (Å²) in [7, 11) is -2.45. The molecule has 6 atom stereocenters. The first-order valence-corrected chi connectivity index (χ1v) is 23.1. The maximum atomic E-state index is 13.9. The van der Waals surface area contributed by atoms with Crippen molar-refractivity contribution in [2.45, 2.75) is 192 Å². The maximum Gasteiger partial charge on any atom is 0.475 e. The molecule has 1 aliphatic heterocycles. The molecule has 0 spiro atoms. The van der Waals surface area contributed by atoms with Crippen molar-refractivity contribution in [1.82, 2.24) is 0 Å². The molecule has 0 bridgehead atoms. The summed E-state index contributed by atoms with van der Waals surface area (Å²) in [6.07, 6.45) is 30.9. The molecule has 1 unspecified atom stereocenters. The number of allylic oxidation sites excluding steroid dienone is 3. The zero-order valence-electron chi connectivity index (χ0n) is 35.3. The van der Waals surface area contributed by atoms with Crippen LogP contribution in [0.5, 0.6) is 0 Å². The lowest BCUT2D eigenvalue weighted by atomic mass is 9.98. The SMILES string of the molecule is C=CCOP(=O)(OCC=C)O[C@H]1[C@H](OCC[C@@H](CCCCCCC)OC)[C@@H](OCCCCCCCCCC/C=C\CCCCCC)C(O/C=C/C)O[C@@H]1CO. The second-order valence-electron chi connectivity index (χ2n) is 14.5. The Morgan fingerprint density at radius 2 is 1.25 bits per heavy atom. The quantitative estimate of drug-likeness (QED) is 0.0279. The normalized spacial score (nSPS) is 21.1. The highest BCUT2D eigenvalue weighted by Gasteiger charge is 2.52. The molecule has 0 aromatic heterocycles. The zero-order chi connectivity index (χ0) is 40.2. The molecule has 55 heavy (non-hydrogen) atoms. The van der Waals surface area contributed by atoms with E-state index in [1.807, 2.05) is 6.92 Å². The number of phosphoric acid groups is 1. The average molecular weight is 801 g/mol. The largest absolute Gasteiger partial charge is 0.475 e. The number of unbranched alkanes of at least 4 members (excludes halogenated alkanes) is 16. The Morgan fingerprint density at radius 3 is 1.82 bits per heavy atom. The van der Waals surface area contributed by atoms with Gasteiger partial charge in [-0.3, -0.25) is 13.6 Å². The first kappa shape index (κ1) is 51.7. The van der Waals surface area contributed by atoms with Crippen LogP contribution in [0.3, 0.4) is 0 Å². The van der Waals surface area contributed by atoms with Crippen molar-refractivity contribution >= 4 is 7.82 Å². The van der Waals surface area contributed by atoms with Crippen LogP contribution in [0.4, 0.5) is 0 Å². The molecule has 0 aromatic rings. The van der Waals surface area contributed by atoms with E-state index in [0.717, 1.165) is 32.1 Å². The van der Waals surface area contributed by atoms with Gasteiger partial charge in [0, 0.05) is 20.3 Å². The van der Waals surface area contributed by atoms with E-state index in [0.29, 0.717) is 19.6 Å². The predicted molar refractivity (Wildman–Crippen MR) is 224 cm³/mol. The molecule has 0 saturated carbocycles. The van der Waals surface area contributed by atoms with E-state index < -0.39 is 45.1 Å². The van der Waals surface area contributed by atoms with Crippen molar-refractivity contribution < 1.29 is 46.9 Å². The van der Waals surface area contributed by atoms with Crippen molar-refractivity contribution in [2.75, 3.05) is 40.1 Å². The van der Waals surface area contributed by atoms with Crippen LogP contribution in [0.2, 0.25) is 0 Å². The Kier molecular flexibility index (Phi) is 33.6. The fraction of sp³-hybridized carbons (Fsp3) is 0.818. The standard InChI is InChI=1S/C44H81O10P/c1-7-12-14-16-17-18-19-20-21-22-23-24-25-26-28-30-36-48-43-42(49-37-32-39(47-6)31-29-27-15-13-8-2)41(40(38-45)53-44(43)50-33-9-3)54-55(46,51-34-10-4)52-35-11-5/h9-11,18-19,33,39-45H,4-5,7-8,12-17,20-32,34-38H2,1-3,6H3/b19-18-,33-9+/t39-,40-,41-,42+,43-,44?/m1/s1. The van der Waals surface area contributed by atoms with Gasteiger partial charge in [-0.2, -0.15) is 0 Å². The molecule has 11 heteroatoms. The average Bonchev–Trinajstić information content (AvgIpc) is 3.19. The van der Waals surface area contributed by atoms with Crippen LogP contribution in [-0.2, 0) is 41.8 Å². The topological polar surface area (TPSA) is 111 Å². The highest BCUT2D eigenvalue weighted by atomic mass is 31.2. The summed E-state index contributed by atoms with van der Waals surface area (Å²) in [6.45, 7) is 13.8. The summed E-state index contributed by atoms with van der Waals surface area (Å²) < 4.78 is 62.1. The van der Waals surface area contributed by atoms with Gasteiger partial charge in [-0.25, -0.2) is 4.57 Å². The number of rotatable bonds is 39. The van der Waals surface area contributed by atoms with Crippen LogP contribution in [0.25, 0.3) is 0 Å². The van der Waals surface area contributed by atoms with E-state index in [9.17, 15) is 9.67 Å². The molecule has 1 aliphatic rings. The van der Waals surface area contributed by atoms with E-state index >= 15 is 0 Å². The summed E-state index contributed by atoms with van der Waals surface area (Å²) in [5, 5.41) is 10.5. The monoisotopic (exact) mass is 801 g/mol. The minimum atomic E-state index is -4.17. The molecule has 1 fully saturated rings. The van der Waals surface area contributed by atoms with Gasteiger partial charge >= 0.3 is 7.82 Å². The van der Waals surface area contributed by atoms with Crippen molar-refractivity contribution in [3.05, 3.63) is 49.8 Å². The van der Waals surface area contributed by atoms with E-state index in [1.165, 1.54) is 115 Å². The number of aliphatic hydroxyl groups is 1. The molecule has 322 valence electrons. The lowest BCUT2D eigenvalue weighted by Gasteiger charge is -2.45. The fourth-order valence-corrected chi connectivity index (χ4v) is 7.91. The van der Waals surface area contributed by atoms with Gasteiger partial charge in [0.1, 0.15) is 24.4 Å². The van der Waals surface area contributed by atoms with Gasteiger partial charge in [-0.05, 0) is 51.9 Å². The second-order valence-corrected chi connectivity index (χ2v) is 16.1. The molecule has 10 nitrogen and oxygen atoms in total. The third kappa shape index (κ3) is 24.9. The van der Waals surface area contributed by atoms with Crippen LogP contribution in [0, 0.1) is 0 Å². The predicted octanol–water partition coefficient (Wildman–Crippen LogP) is 11.7. The lowest BCUT2D eigenvalue weighted by molar-refractivity contribution is -0.302. The van der Waals surface area contributed by atoms with E-state index in [1.54, 1.807) is 13.2 Å². The number of hydrogen-bond acceptors (Lipinski definition) is 10.